The molecular weight excluding hydrogens is 520 g/mol. The average Bonchev–Trinajstić information content (AvgIpc) is 3.72. The van der Waals surface area contributed by atoms with Crippen LogP contribution in [0.2, 0.25) is 0 Å². The molecule has 0 radical (unpaired) electrons. The van der Waals surface area contributed by atoms with Crippen LogP contribution in [0.25, 0.3) is 0 Å². The van der Waals surface area contributed by atoms with Gasteiger partial charge in [-0.25, -0.2) is 8.78 Å². The number of carbonyl (C=O) groups excluding carboxylic acids is 2. The molecule has 2 unspecified atom stereocenters. The summed E-state index contributed by atoms with van der Waals surface area (Å²) in [7, 11) is 3.67. The third kappa shape index (κ3) is 5.28. The van der Waals surface area contributed by atoms with Crippen LogP contribution in [0.1, 0.15) is 55.8 Å². The zero-order chi connectivity index (χ0) is 29.4. The van der Waals surface area contributed by atoms with Crippen molar-refractivity contribution in [3.05, 3.63) is 107 Å². The summed E-state index contributed by atoms with van der Waals surface area (Å²) in [5, 5.41) is 0. The Bertz CT molecular complexity index is 1390. The zero-order valence-electron chi connectivity index (χ0n) is 24.3. The number of piperidine rings is 1. The summed E-state index contributed by atoms with van der Waals surface area (Å²) in [5.41, 5.74) is 1.39. The first-order valence-electron chi connectivity index (χ1n) is 14.4. The van der Waals surface area contributed by atoms with E-state index in [9.17, 15) is 18.4 Å². The molecule has 1 aliphatic carbocycles. The Labute approximate surface area is 241 Å². The van der Waals surface area contributed by atoms with E-state index in [1.165, 1.54) is 6.07 Å². The number of hydrogen-bond donors (Lipinski definition) is 0. The fraction of sp³-hybridized carbons (Fsp3) is 0.412. The van der Waals surface area contributed by atoms with Crippen LogP contribution in [0.5, 0.6) is 0 Å². The normalized spacial score (nSPS) is 22.5. The van der Waals surface area contributed by atoms with Crippen LogP contribution < -0.4 is 0 Å². The number of hydrogen-bond acceptors (Lipinski definition) is 3. The van der Waals surface area contributed by atoms with Crippen molar-refractivity contribution in [3.63, 3.8) is 0 Å². The van der Waals surface area contributed by atoms with Crippen LogP contribution in [0.4, 0.5) is 8.78 Å². The summed E-state index contributed by atoms with van der Waals surface area (Å²) >= 11 is 0. The molecule has 2 amide bonds. The lowest BCUT2D eigenvalue weighted by Crippen LogP contribution is -2.53. The number of amides is 2. The highest BCUT2D eigenvalue weighted by Crippen LogP contribution is 2.57. The van der Waals surface area contributed by atoms with Gasteiger partial charge in [0.2, 0.25) is 11.8 Å². The summed E-state index contributed by atoms with van der Waals surface area (Å²) in [6.07, 6.45) is 2.13. The molecule has 0 N–H and O–H groups in total. The molecule has 1 heterocycles. The fourth-order valence-corrected chi connectivity index (χ4v) is 6.79. The Morgan fingerprint density at radius 1 is 0.902 bits per heavy atom. The predicted molar refractivity (Wildman–Crippen MR) is 156 cm³/mol. The maximum Gasteiger partial charge on any atom is 0.233 e. The molecule has 0 aromatic heterocycles. The highest BCUT2D eigenvalue weighted by molar-refractivity contribution is 5.92. The molecule has 0 spiro atoms. The van der Waals surface area contributed by atoms with Crippen molar-refractivity contribution in [2.45, 2.75) is 50.1 Å². The lowest BCUT2D eigenvalue weighted by molar-refractivity contribution is -0.137. The van der Waals surface area contributed by atoms with Crippen molar-refractivity contribution < 1.29 is 18.4 Å². The van der Waals surface area contributed by atoms with Gasteiger partial charge in [0.1, 0.15) is 0 Å². The summed E-state index contributed by atoms with van der Waals surface area (Å²) in [6.45, 7) is 5.80. The van der Waals surface area contributed by atoms with E-state index in [1.54, 1.807) is 24.9 Å². The standard InChI is InChI=1S/C34H39F2N3O2/c1-24(26-11-7-5-8-12-26)37(3)32(41)34(28-15-16-30(35)31(36)21-28)22-29(34)23-39-19-17-33(18-20-39,38(4)25(2)40)27-13-9-6-10-14-27/h5-16,21,24,29H,17-20,22-23H2,1-4H3/t24-,29?,34?/m0/s1. The maximum absolute atomic E-state index is 14.5. The highest BCUT2D eigenvalue weighted by Gasteiger charge is 2.62. The van der Waals surface area contributed by atoms with Crippen molar-refractivity contribution in [2.75, 3.05) is 33.7 Å². The van der Waals surface area contributed by atoms with E-state index in [0.29, 0.717) is 18.5 Å². The summed E-state index contributed by atoms with van der Waals surface area (Å²) in [5.74, 6) is -1.92. The molecule has 5 nitrogen and oxygen atoms in total. The van der Waals surface area contributed by atoms with E-state index in [2.05, 4.69) is 17.0 Å². The quantitative estimate of drug-likeness (QED) is 0.345. The molecule has 1 saturated heterocycles. The summed E-state index contributed by atoms with van der Waals surface area (Å²) < 4.78 is 28.4. The van der Waals surface area contributed by atoms with Crippen LogP contribution in [-0.2, 0) is 20.5 Å². The van der Waals surface area contributed by atoms with Crippen LogP contribution in [0, 0.1) is 17.6 Å². The minimum absolute atomic E-state index is 0.0277. The van der Waals surface area contributed by atoms with Crippen molar-refractivity contribution in [3.8, 4) is 0 Å². The first-order chi connectivity index (χ1) is 19.6. The van der Waals surface area contributed by atoms with E-state index in [4.69, 9.17) is 0 Å². The number of carbonyl (C=O) groups is 2. The fourth-order valence-electron chi connectivity index (χ4n) is 6.79. The summed E-state index contributed by atoms with van der Waals surface area (Å²) in [4.78, 5) is 32.7. The molecule has 7 heteroatoms. The molecule has 3 atom stereocenters. The Morgan fingerprint density at radius 3 is 2.10 bits per heavy atom. The highest BCUT2D eigenvalue weighted by atomic mass is 19.2. The SMILES string of the molecule is CC(=O)N(C)C1(c2ccccc2)CCN(CC2CC2(C(=O)N(C)[C@@H](C)c2ccccc2)c2ccc(F)c(F)c2)CC1. The van der Waals surface area contributed by atoms with E-state index in [0.717, 1.165) is 43.1 Å². The first kappa shape index (κ1) is 28.9. The van der Waals surface area contributed by atoms with E-state index >= 15 is 0 Å². The van der Waals surface area contributed by atoms with Gasteiger partial charge >= 0.3 is 0 Å². The average molecular weight is 560 g/mol. The zero-order valence-corrected chi connectivity index (χ0v) is 24.3. The number of likely N-dealkylation sites (tertiary alicyclic amines) is 1. The Morgan fingerprint density at radius 2 is 1.51 bits per heavy atom. The van der Waals surface area contributed by atoms with Crippen LogP contribution in [0.3, 0.4) is 0 Å². The van der Waals surface area contributed by atoms with E-state index in [1.807, 2.05) is 67.4 Å². The molecule has 1 aliphatic heterocycles. The van der Waals surface area contributed by atoms with Gasteiger partial charge in [-0.3, -0.25) is 9.59 Å². The molecule has 216 valence electrons. The third-order valence-electron chi connectivity index (χ3n) is 9.69. The number of benzene rings is 3. The molecular formula is C34H39F2N3O2. The molecule has 3 aromatic rings. The minimum atomic E-state index is -0.933. The van der Waals surface area contributed by atoms with Crippen molar-refractivity contribution in [2.24, 2.45) is 5.92 Å². The number of nitrogens with zero attached hydrogens (tertiary/aromatic N) is 3. The van der Waals surface area contributed by atoms with E-state index < -0.39 is 17.0 Å². The van der Waals surface area contributed by atoms with Gasteiger partial charge in [0.15, 0.2) is 11.6 Å². The number of halogens is 2. The Kier molecular flexibility index (Phi) is 8.02. The topological polar surface area (TPSA) is 43.9 Å². The second-order valence-corrected chi connectivity index (χ2v) is 11.8. The predicted octanol–water partition coefficient (Wildman–Crippen LogP) is 5.91. The first-order valence-corrected chi connectivity index (χ1v) is 14.4. The smallest absolute Gasteiger partial charge is 0.233 e. The number of likely N-dealkylation sites (N-methyl/N-ethyl adjacent to an activating group) is 1. The van der Waals surface area contributed by atoms with Gasteiger partial charge in [0.05, 0.1) is 17.0 Å². The molecule has 41 heavy (non-hydrogen) atoms. The van der Waals surface area contributed by atoms with Gasteiger partial charge in [-0.05, 0) is 60.9 Å². The van der Waals surface area contributed by atoms with Gasteiger partial charge < -0.3 is 14.7 Å². The van der Waals surface area contributed by atoms with Gasteiger partial charge in [0.25, 0.3) is 0 Å². The van der Waals surface area contributed by atoms with Crippen LogP contribution in [-0.4, -0.2) is 60.2 Å². The van der Waals surface area contributed by atoms with Gasteiger partial charge in [-0.15, -0.1) is 0 Å². The summed E-state index contributed by atoms with van der Waals surface area (Å²) in [6, 6.07) is 23.7. The molecule has 2 aliphatic rings. The van der Waals surface area contributed by atoms with Crippen LogP contribution >= 0.6 is 0 Å². The van der Waals surface area contributed by atoms with Gasteiger partial charge in [-0.1, -0.05) is 66.7 Å². The molecule has 5 rings (SSSR count). The molecule has 1 saturated carbocycles. The second-order valence-electron chi connectivity index (χ2n) is 11.8. The van der Waals surface area contributed by atoms with Gasteiger partial charge in [0, 0.05) is 40.7 Å². The maximum atomic E-state index is 14.5. The Balaban J connectivity index is 1.37. The largest absolute Gasteiger partial charge is 0.338 e. The molecule has 3 aromatic carbocycles. The second kappa shape index (κ2) is 11.4. The van der Waals surface area contributed by atoms with Gasteiger partial charge in [-0.2, -0.15) is 0 Å². The molecule has 2 fully saturated rings. The van der Waals surface area contributed by atoms with E-state index in [-0.39, 0.29) is 29.3 Å². The third-order valence-corrected chi connectivity index (χ3v) is 9.69. The van der Waals surface area contributed by atoms with Crippen molar-refractivity contribution in [1.82, 2.24) is 14.7 Å². The number of rotatable bonds is 8. The lowest BCUT2D eigenvalue weighted by atomic mass is 9.79. The van der Waals surface area contributed by atoms with Crippen molar-refractivity contribution >= 4 is 11.8 Å². The minimum Gasteiger partial charge on any atom is -0.338 e. The Hall–Kier alpha value is -3.58. The lowest BCUT2D eigenvalue weighted by Gasteiger charge is -2.48. The van der Waals surface area contributed by atoms with Crippen molar-refractivity contribution in [1.29, 1.82) is 0 Å². The van der Waals surface area contributed by atoms with Crippen LogP contribution in [0.15, 0.2) is 78.9 Å². The monoisotopic (exact) mass is 559 g/mol. The molecule has 0 bridgehead atoms.